The van der Waals surface area contributed by atoms with E-state index in [1.54, 1.807) is 0 Å². The number of aromatic amines is 1. The fourth-order valence-corrected chi connectivity index (χ4v) is 5.89. The minimum absolute atomic E-state index is 0. The third-order valence-electron chi connectivity index (χ3n) is 7.52. The number of nitrogens with zero attached hydrogens (tertiary/aromatic N) is 5. The minimum Gasteiger partial charge on any atom is -0.454 e. The van der Waals surface area contributed by atoms with E-state index in [1.165, 1.54) is 11.8 Å². The summed E-state index contributed by atoms with van der Waals surface area (Å²) in [5.74, 6) is 2.92. The summed E-state index contributed by atoms with van der Waals surface area (Å²) in [5.41, 5.74) is 1.53. The first-order valence-electron chi connectivity index (χ1n) is 13.8. The molecule has 2 N–H and O–H groups in total. The lowest BCUT2D eigenvalue weighted by atomic mass is 9.88. The minimum atomic E-state index is -0.452. The van der Waals surface area contributed by atoms with Crippen LogP contribution in [-0.2, 0) is 20.7 Å². The van der Waals surface area contributed by atoms with Crippen molar-refractivity contribution in [3.8, 4) is 0 Å². The smallest absolute Gasteiger partial charge is 0.320 e. The second kappa shape index (κ2) is 10.9. The number of esters is 1. The average molecular weight is 566 g/mol. The lowest BCUT2D eigenvalue weighted by Crippen LogP contribution is -2.66. The highest BCUT2D eigenvalue weighted by Crippen LogP contribution is 2.48. The van der Waals surface area contributed by atoms with Gasteiger partial charge in [0, 0.05) is 43.8 Å². The summed E-state index contributed by atoms with van der Waals surface area (Å²) in [6.45, 7) is 3.45. The lowest BCUT2D eigenvalue weighted by Gasteiger charge is -2.50. The zero-order valence-electron chi connectivity index (χ0n) is 23.1. The Hall–Kier alpha value is -3.44. The number of carbonyl (C=O) groups excluding carboxylic acids is 2. The summed E-state index contributed by atoms with van der Waals surface area (Å²) < 4.78 is 6.05. The third-order valence-corrected chi connectivity index (χ3v) is 8.40. The monoisotopic (exact) mass is 565 g/mol. The number of nitrogens with one attached hydrogen (secondary N) is 2. The van der Waals surface area contributed by atoms with E-state index in [4.69, 9.17) is 14.7 Å². The van der Waals surface area contributed by atoms with Crippen LogP contribution in [0.25, 0.3) is 0 Å². The Morgan fingerprint density at radius 2 is 1.88 bits per heavy atom. The van der Waals surface area contributed by atoms with E-state index < -0.39 is 5.60 Å². The summed E-state index contributed by atoms with van der Waals surface area (Å²) >= 11 is 1.47. The van der Waals surface area contributed by atoms with Gasteiger partial charge in [-0.1, -0.05) is 12.1 Å². The molecule has 3 fully saturated rings. The highest BCUT2D eigenvalue weighted by Gasteiger charge is 2.56. The Kier molecular flexibility index (Phi) is 7.26. The number of aryl methyl sites for hydroxylation is 1. The molecule has 0 atom stereocenters. The fraction of sp³-hybridized carbons (Fsp3) is 0.483. The number of anilines is 3. The number of H-pyrrole nitrogens is 1. The number of benzene rings is 1. The summed E-state index contributed by atoms with van der Waals surface area (Å²) in [5, 5.41) is 11.1. The molecule has 0 unspecified atom stereocenters. The van der Waals surface area contributed by atoms with Crippen molar-refractivity contribution in [2.45, 2.75) is 54.7 Å². The van der Waals surface area contributed by atoms with E-state index in [-0.39, 0.29) is 21.3 Å². The molecule has 1 saturated heterocycles. The van der Waals surface area contributed by atoms with E-state index in [2.05, 4.69) is 20.4 Å². The SMILES string of the molecule is Cc1cc(Nc2cc(N3CC(OC(=O)CN(C)C)(C4CC4)C3)nc(Sc3ccc(CC(=O)C4CC4)cc3)n2)n[nH]1.[HH].[HH]. The Morgan fingerprint density at radius 1 is 1.12 bits per heavy atom. The van der Waals surface area contributed by atoms with Crippen molar-refractivity contribution in [1.29, 1.82) is 0 Å². The van der Waals surface area contributed by atoms with E-state index in [0.29, 0.717) is 48.0 Å². The van der Waals surface area contributed by atoms with Gasteiger partial charge in [-0.3, -0.25) is 19.6 Å². The van der Waals surface area contributed by atoms with Gasteiger partial charge >= 0.3 is 5.97 Å². The van der Waals surface area contributed by atoms with Crippen LogP contribution in [0.5, 0.6) is 0 Å². The van der Waals surface area contributed by atoms with Gasteiger partial charge in [0.15, 0.2) is 11.0 Å². The Balaban J connectivity index is 0.00000202. The molecule has 3 aromatic rings. The number of hydrogen-bond acceptors (Lipinski definition) is 10. The van der Waals surface area contributed by atoms with Crippen molar-refractivity contribution in [3.05, 3.63) is 47.7 Å². The van der Waals surface area contributed by atoms with Crippen molar-refractivity contribution in [1.82, 2.24) is 25.1 Å². The number of Topliss-reactive ketones (excluding diaryl/α,β-unsaturated/α-hetero) is 1. The topological polar surface area (TPSA) is 116 Å². The van der Waals surface area contributed by atoms with E-state index in [1.807, 2.05) is 62.3 Å². The van der Waals surface area contributed by atoms with Gasteiger partial charge in [-0.15, -0.1) is 0 Å². The number of likely N-dealkylation sites (N-methyl/N-ethyl adjacent to an activating group) is 1. The molecule has 0 radical (unpaired) electrons. The van der Waals surface area contributed by atoms with Crippen LogP contribution in [0.1, 0.15) is 39.8 Å². The average Bonchev–Trinajstić information content (AvgIpc) is 3.80. The molecule has 6 rings (SSSR count). The molecule has 1 aliphatic heterocycles. The molecule has 3 aliphatic rings. The highest BCUT2D eigenvalue weighted by molar-refractivity contribution is 7.99. The van der Waals surface area contributed by atoms with Gasteiger partial charge in [0.1, 0.15) is 23.0 Å². The normalized spacial score (nSPS) is 17.9. The highest BCUT2D eigenvalue weighted by atomic mass is 32.2. The molecule has 0 bridgehead atoms. The first-order valence-corrected chi connectivity index (χ1v) is 14.7. The summed E-state index contributed by atoms with van der Waals surface area (Å²) in [6.07, 6.45) is 4.73. The van der Waals surface area contributed by atoms with Crippen LogP contribution in [0.2, 0.25) is 0 Å². The van der Waals surface area contributed by atoms with Gasteiger partial charge in [-0.2, -0.15) is 5.10 Å². The van der Waals surface area contributed by atoms with Gasteiger partial charge in [0.05, 0.1) is 19.6 Å². The van der Waals surface area contributed by atoms with Gasteiger partial charge in [0.25, 0.3) is 0 Å². The fourth-order valence-electron chi connectivity index (χ4n) is 5.12. The molecular weight excluding hydrogens is 526 g/mol. The van der Waals surface area contributed by atoms with Crippen molar-refractivity contribution in [2.24, 2.45) is 11.8 Å². The second-order valence-corrected chi connectivity index (χ2v) is 12.6. The predicted molar refractivity (Wildman–Crippen MR) is 157 cm³/mol. The van der Waals surface area contributed by atoms with Crippen molar-refractivity contribution < 1.29 is 17.2 Å². The summed E-state index contributed by atoms with van der Waals surface area (Å²) in [4.78, 5) is 39.3. The molecule has 2 saturated carbocycles. The van der Waals surface area contributed by atoms with Crippen LogP contribution in [0.15, 0.2) is 46.5 Å². The quantitative estimate of drug-likeness (QED) is 0.240. The first-order chi connectivity index (χ1) is 19.2. The van der Waals surface area contributed by atoms with Crippen molar-refractivity contribution in [2.75, 3.05) is 43.9 Å². The maximum Gasteiger partial charge on any atom is 0.320 e. The molecular formula is C29H39N7O3S. The maximum atomic E-state index is 12.5. The zero-order chi connectivity index (χ0) is 27.9. The maximum absolute atomic E-state index is 12.5. The van der Waals surface area contributed by atoms with Crippen LogP contribution in [0.3, 0.4) is 0 Å². The number of hydrogen-bond donors (Lipinski definition) is 2. The molecule has 0 amide bonds. The number of ketones is 1. The molecule has 3 heterocycles. The van der Waals surface area contributed by atoms with Crippen LogP contribution in [0.4, 0.5) is 17.5 Å². The van der Waals surface area contributed by atoms with Crippen LogP contribution in [0, 0.1) is 18.8 Å². The lowest BCUT2D eigenvalue weighted by molar-refractivity contribution is -0.166. The van der Waals surface area contributed by atoms with Crippen LogP contribution in [-0.4, -0.2) is 76.1 Å². The van der Waals surface area contributed by atoms with Crippen molar-refractivity contribution >= 4 is 41.0 Å². The molecule has 11 heteroatoms. The molecule has 2 aromatic heterocycles. The number of rotatable bonds is 12. The van der Waals surface area contributed by atoms with Crippen LogP contribution < -0.4 is 10.2 Å². The van der Waals surface area contributed by atoms with Gasteiger partial charge in [-0.25, -0.2) is 9.97 Å². The second-order valence-electron chi connectivity index (χ2n) is 11.5. The molecule has 214 valence electrons. The van der Waals surface area contributed by atoms with E-state index >= 15 is 0 Å². The molecule has 40 heavy (non-hydrogen) atoms. The third kappa shape index (κ3) is 6.31. The number of aromatic nitrogens is 4. The van der Waals surface area contributed by atoms with Gasteiger partial charge in [-0.05, 0) is 76.2 Å². The van der Waals surface area contributed by atoms with Gasteiger partial charge in [0.2, 0.25) is 0 Å². The largest absolute Gasteiger partial charge is 0.454 e. The Morgan fingerprint density at radius 3 is 2.50 bits per heavy atom. The van der Waals surface area contributed by atoms with Crippen LogP contribution >= 0.6 is 11.8 Å². The van der Waals surface area contributed by atoms with Crippen molar-refractivity contribution in [3.63, 3.8) is 0 Å². The first kappa shape index (κ1) is 26.8. The van der Waals surface area contributed by atoms with E-state index in [9.17, 15) is 9.59 Å². The zero-order valence-corrected chi connectivity index (χ0v) is 24.0. The standard InChI is InChI=1S/C29H35N7O3S.2H2/c1-18-12-25(34-33-18)30-24-14-26(36-16-29(17-36,21-8-9-21)39-27(38)15-35(2)3)32-28(31-24)40-22-10-4-19(5-11-22)13-23(37)20-6-7-20;;/h4-5,10-12,14,20-21H,6-9,13,15-17H2,1-3H3,(H2,30,31,32,33,34);2*1H. The summed E-state index contributed by atoms with van der Waals surface area (Å²) in [7, 11) is 3.74. The number of carbonyl (C=O) groups is 2. The summed E-state index contributed by atoms with van der Waals surface area (Å²) in [6, 6.07) is 11.9. The molecule has 10 nitrogen and oxygen atoms in total. The molecule has 0 spiro atoms. The Bertz CT molecular complexity index is 1400. The van der Waals surface area contributed by atoms with E-state index in [0.717, 1.165) is 47.7 Å². The number of ether oxygens (including phenoxy) is 1. The Labute approximate surface area is 241 Å². The molecule has 1 aromatic carbocycles. The molecule has 2 aliphatic carbocycles. The van der Waals surface area contributed by atoms with Gasteiger partial charge < -0.3 is 15.0 Å². The predicted octanol–water partition coefficient (Wildman–Crippen LogP) is 4.49.